The first kappa shape index (κ1) is 17.5. The Kier molecular flexibility index (Phi) is 3.71. The van der Waals surface area contributed by atoms with E-state index >= 15 is 0 Å². The second-order valence-electron chi connectivity index (χ2n) is 9.26. The fourth-order valence-electron chi connectivity index (χ4n) is 4.80. The number of rotatable bonds is 2. The Balaban J connectivity index is 1.86. The Morgan fingerprint density at radius 2 is 1.64 bits per heavy atom. The van der Waals surface area contributed by atoms with Crippen LogP contribution in [-0.2, 0) is 15.1 Å². The van der Waals surface area contributed by atoms with Crippen LogP contribution in [0.5, 0.6) is 0 Å². The van der Waals surface area contributed by atoms with Crippen molar-refractivity contribution in [3.8, 4) is 11.1 Å². The number of hydrogen-bond acceptors (Lipinski definition) is 2. The Hall–Kier alpha value is -2.61. The summed E-state index contributed by atoms with van der Waals surface area (Å²) in [4.78, 5) is 13.2. The van der Waals surface area contributed by atoms with Crippen LogP contribution in [0.3, 0.4) is 0 Å². The van der Waals surface area contributed by atoms with E-state index in [2.05, 4.69) is 60.7 Å². The maximum atomic E-state index is 13.2. The van der Waals surface area contributed by atoms with Gasteiger partial charge < -0.3 is 4.74 Å². The summed E-state index contributed by atoms with van der Waals surface area (Å²) in [7, 11) is 0. The Morgan fingerprint density at radius 1 is 0.929 bits per heavy atom. The third-order valence-corrected chi connectivity index (χ3v) is 6.46. The SMILES string of the molecule is CC(C)(C)C(=O)OC1(C2CCC2)c2ccccc2-c2ccc3ccccc3c21. The van der Waals surface area contributed by atoms with Crippen molar-refractivity contribution in [3.63, 3.8) is 0 Å². The molecule has 0 heterocycles. The van der Waals surface area contributed by atoms with E-state index in [-0.39, 0.29) is 5.97 Å². The number of esters is 1. The van der Waals surface area contributed by atoms with Gasteiger partial charge in [-0.15, -0.1) is 0 Å². The van der Waals surface area contributed by atoms with Crippen molar-refractivity contribution in [2.75, 3.05) is 0 Å². The van der Waals surface area contributed by atoms with Gasteiger partial charge in [-0.3, -0.25) is 4.79 Å². The molecule has 1 unspecified atom stereocenters. The summed E-state index contributed by atoms with van der Waals surface area (Å²) in [6.45, 7) is 5.82. The third-order valence-electron chi connectivity index (χ3n) is 6.46. The molecule has 2 heteroatoms. The van der Waals surface area contributed by atoms with Gasteiger partial charge >= 0.3 is 5.97 Å². The van der Waals surface area contributed by atoms with Gasteiger partial charge in [0.25, 0.3) is 0 Å². The fourth-order valence-corrected chi connectivity index (χ4v) is 4.80. The van der Waals surface area contributed by atoms with Gasteiger partial charge in [0.05, 0.1) is 5.41 Å². The van der Waals surface area contributed by atoms with Crippen LogP contribution in [0.15, 0.2) is 60.7 Å². The minimum absolute atomic E-state index is 0.130. The molecule has 0 aliphatic heterocycles. The molecule has 0 saturated heterocycles. The lowest BCUT2D eigenvalue weighted by molar-refractivity contribution is -0.175. The van der Waals surface area contributed by atoms with Crippen molar-refractivity contribution >= 4 is 16.7 Å². The van der Waals surface area contributed by atoms with Gasteiger partial charge in [0.2, 0.25) is 0 Å². The molecule has 2 aliphatic rings. The molecule has 1 fully saturated rings. The first-order valence-corrected chi connectivity index (χ1v) is 10.3. The lowest BCUT2D eigenvalue weighted by Crippen LogP contribution is -2.45. The Morgan fingerprint density at radius 3 is 2.36 bits per heavy atom. The summed E-state index contributed by atoms with van der Waals surface area (Å²) in [6.07, 6.45) is 3.38. The fraction of sp³-hybridized carbons (Fsp3) is 0.346. The zero-order valence-electron chi connectivity index (χ0n) is 16.8. The molecule has 0 radical (unpaired) electrons. The topological polar surface area (TPSA) is 26.3 Å². The van der Waals surface area contributed by atoms with E-state index in [0.29, 0.717) is 5.92 Å². The quantitative estimate of drug-likeness (QED) is 0.484. The highest BCUT2D eigenvalue weighted by molar-refractivity contribution is 5.98. The van der Waals surface area contributed by atoms with Crippen LogP contribution in [0, 0.1) is 11.3 Å². The van der Waals surface area contributed by atoms with Crippen molar-refractivity contribution in [2.24, 2.45) is 11.3 Å². The molecule has 0 amide bonds. The van der Waals surface area contributed by atoms with E-state index in [1.807, 2.05) is 20.8 Å². The first-order valence-electron chi connectivity index (χ1n) is 10.3. The van der Waals surface area contributed by atoms with Crippen molar-refractivity contribution in [2.45, 2.75) is 45.6 Å². The highest BCUT2D eigenvalue weighted by Gasteiger charge is 2.55. The minimum atomic E-state index is -0.685. The molecule has 5 rings (SSSR count). The predicted molar refractivity (Wildman–Crippen MR) is 113 cm³/mol. The van der Waals surface area contributed by atoms with Crippen LogP contribution in [-0.4, -0.2) is 5.97 Å². The smallest absolute Gasteiger partial charge is 0.312 e. The number of carbonyl (C=O) groups is 1. The highest BCUT2D eigenvalue weighted by atomic mass is 16.6. The second kappa shape index (κ2) is 5.94. The molecule has 0 spiro atoms. The van der Waals surface area contributed by atoms with Crippen molar-refractivity contribution in [1.29, 1.82) is 0 Å². The van der Waals surface area contributed by atoms with Crippen molar-refractivity contribution in [1.82, 2.24) is 0 Å². The summed E-state index contributed by atoms with van der Waals surface area (Å²) < 4.78 is 6.59. The van der Waals surface area contributed by atoms with Gasteiger partial charge in [-0.1, -0.05) is 67.1 Å². The monoisotopic (exact) mass is 370 g/mol. The van der Waals surface area contributed by atoms with Gasteiger partial charge in [0.1, 0.15) is 0 Å². The molecule has 2 nitrogen and oxygen atoms in total. The molecular formula is C26H26O2. The van der Waals surface area contributed by atoms with Gasteiger partial charge in [0, 0.05) is 17.0 Å². The molecule has 1 atom stereocenters. The number of hydrogen-bond donors (Lipinski definition) is 0. The van der Waals surface area contributed by atoms with Gasteiger partial charge in [-0.25, -0.2) is 0 Å². The summed E-state index contributed by atoms with van der Waals surface area (Å²) >= 11 is 0. The predicted octanol–water partition coefficient (Wildman–Crippen LogP) is 6.45. The maximum Gasteiger partial charge on any atom is 0.312 e. The van der Waals surface area contributed by atoms with E-state index in [9.17, 15) is 4.79 Å². The largest absolute Gasteiger partial charge is 0.448 e. The van der Waals surface area contributed by atoms with Gasteiger partial charge in [0.15, 0.2) is 5.60 Å². The van der Waals surface area contributed by atoms with Gasteiger partial charge in [-0.05, 0) is 55.5 Å². The highest BCUT2D eigenvalue weighted by Crippen LogP contribution is 2.60. The second-order valence-corrected chi connectivity index (χ2v) is 9.26. The Bertz CT molecular complexity index is 1090. The van der Waals surface area contributed by atoms with Crippen LogP contribution < -0.4 is 0 Å². The Labute approximate surface area is 166 Å². The molecule has 3 aromatic carbocycles. The average Bonchev–Trinajstić information content (AvgIpc) is 2.91. The maximum absolute atomic E-state index is 13.2. The van der Waals surface area contributed by atoms with Crippen molar-refractivity contribution in [3.05, 3.63) is 71.8 Å². The molecule has 3 aromatic rings. The van der Waals surface area contributed by atoms with Crippen LogP contribution in [0.4, 0.5) is 0 Å². The van der Waals surface area contributed by atoms with Crippen LogP contribution in [0.2, 0.25) is 0 Å². The third kappa shape index (κ3) is 2.30. The van der Waals surface area contributed by atoms with Crippen molar-refractivity contribution < 1.29 is 9.53 Å². The lowest BCUT2D eigenvalue weighted by Gasteiger charge is -2.45. The van der Waals surface area contributed by atoms with E-state index in [4.69, 9.17) is 4.74 Å². The van der Waals surface area contributed by atoms with E-state index in [1.54, 1.807) is 0 Å². The van der Waals surface area contributed by atoms with E-state index in [0.717, 1.165) is 18.4 Å². The summed E-state index contributed by atoms with van der Waals surface area (Å²) in [5.41, 5.74) is 3.53. The summed E-state index contributed by atoms with van der Waals surface area (Å²) in [5.74, 6) is 0.196. The minimum Gasteiger partial charge on any atom is -0.448 e. The molecule has 142 valence electrons. The lowest BCUT2D eigenvalue weighted by atomic mass is 9.67. The number of fused-ring (bicyclic) bond motifs is 5. The zero-order chi connectivity index (χ0) is 19.5. The van der Waals surface area contributed by atoms with E-state index in [1.165, 1.54) is 33.9 Å². The molecule has 0 N–H and O–H groups in total. The first-order chi connectivity index (χ1) is 13.4. The molecule has 1 saturated carbocycles. The standard InChI is InChI=1S/C26H26O2/c1-25(2,3)24(27)28-26(18-10-8-11-18)22-14-7-6-13-20(22)21-16-15-17-9-4-5-12-19(17)23(21)26/h4-7,9,12-16,18H,8,10-11H2,1-3H3. The number of ether oxygens (including phenoxy) is 1. The number of carbonyl (C=O) groups excluding carboxylic acids is 1. The average molecular weight is 370 g/mol. The van der Waals surface area contributed by atoms with E-state index < -0.39 is 11.0 Å². The molecule has 0 aromatic heterocycles. The molecule has 0 bridgehead atoms. The zero-order valence-corrected chi connectivity index (χ0v) is 16.8. The molecule has 2 aliphatic carbocycles. The van der Waals surface area contributed by atoms with Gasteiger partial charge in [-0.2, -0.15) is 0 Å². The number of benzene rings is 3. The summed E-state index contributed by atoms with van der Waals surface area (Å²) in [6, 6.07) is 21.4. The van der Waals surface area contributed by atoms with Crippen LogP contribution in [0.25, 0.3) is 21.9 Å². The summed E-state index contributed by atoms with van der Waals surface area (Å²) in [5, 5.41) is 2.40. The van der Waals surface area contributed by atoms with Crippen LogP contribution >= 0.6 is 0 Å². The normalized spacial score (nSPS) is 21.1. The molecule has 28 heavy (non-hydrogen) atoms. The molecular weight excluding hydrogens is 344 g/mol. The van der Waals surface area contributed by atoms with Crippen LogP contribution in [0.1, 0.15) is 51.2 Å².